The van der Waals surface area contributed by atoms with Gasteiger partial charge in [-0.3, -0.25) is 9.59 Å². The Bertz CT molecular complexity index is 1050. The average Bonchev–Trinajstić information content (AvgIpc) is 2.80. The summed E-state index contributed by atoms with van der Waals surface area (Å²) in [6, 6.07) is 10.2. The molecular weight excluding hydrogens is 446 g/mol. The third-order valence-electron chi connectivity index (χ3n) is 4.88. The first-order valence-corrected chi connectivity index (χ1v) is 12.3. The number of nitrogens with zero attached hydrogens (tertiary/aromatic N) is 1. The van der Waals surface area contributed by atoms with Crippen LogP contribution in [0.4, 0.5) is 5.69 Å². The van der Waals surface area contributed by atoms with E-state index in [0.717, 1.165) is 12.8 Å². The lowest BCUT2D eigenvalue weighted by Crippen LogP contribution is -2.33. The molecule has 2 rings (SSSR count). The minimum Gasteiger partial charge on any atom is -0.506 e. The van der Waals surface area contributed by atoms with E-state index in [1.165, 1.54) is 22.5 Å². The average molecular weight is 478 g/mol. The van der Waals surface area contributed by atoms with E-state index in [2.05, 4.69) is 17.6 Å². The summed E-state index contributed by atoms with van der Waals surface area (Å²) in [5, 5.41) is 15.0. The minimum atomic E-state index is -3.76. The van der Waals surface area contributed by atoms with Crippen molar-refractivity contribution in [1.29, 1.82) is 0 Å². The van der Waals surface area contributed by atoms with Crippen LogP contribution >= 0.6 is 0 Å². The first kappa shape index (κ1) is 26.1. The first-order valence-electron chi connectivity index (χ1n) is 10.9. The van der Waals surface area contributed by atoms with E-state index >= 15 is 0 Å². The van der Waals surface area contributed by atoms with Crippen molar-refractivity contribution in [2.24, 2.45) is 0 Å². The molecule has 0 atom stereocenters. The zero-order chi connectivity index (χ0) is 24.4. The van der Waals surface area contributed by atoms with Gasteiger partial charge in [0.25, 0.3) is 5.91 Å². The van der Waals surface area contributed by atoms with Crippen LogP contribution in [0.25, 0.3) is 0 Å². The summed E-state index contributed by atoms with van der Waals surface area (Å²) in [5.41, 5.74) is 0.303. The van der Waals surface area contributed by atoms with Crippen molar-refractivity contribution in [3.63, 3.8) is 0 Å². The molecule has 180 valence electrons. The molecule has 0 fully saturated rings. The number of sulfonamides is 1. The van der Waals surface area contributed by atoms with Crippen LogP contribution in [0.1, 0.15) is 44.0 Å². The molecule has 2 amide bonds. The Morgan fingerprint density at radius 1 is 1.03 bits per heavy atom. The zero-order valence-corrected chi connectivity index (χ0v) is 19.9. The largest absolute Gasteiger partial charge is 0.506 e. The van der Waals surface area contributed by atoms with E-state index in [-0.39, 0.29) is 22.9 Å². The summed E-state index contributed by atoms with van der Waals surface area (Å²) in [4.78, 5) is 24.5. The van der Waals surface area contributed by atoms with E-state index in [0.29, 0.717) is 31.0 Å². The lowest BCUT2D eigenvalue weighted by Gasteiger charge is -2.19. The number of unbranched alkanes of at least 4 members (excludes halogenated alkanes) is 1. The molecule has 0 aliphatic heterocycles. The van der Waals surface area contributed by atoms with Gasteiger partial charge in [0, 0.05) is 18.7 Å². The zero-order valence-electron chi connectivity index (χ0n) is 19.1. The Hall–Kier alpha value is -3.11. The predicted octanol–water partition coefficient (Wildman–Crippen LogP) is 2.97. The van der Waals surface area contributed by atoms with Crippen LogP contribution in [0.2, 0.25) is 0 Å². The Balaban J connectivity index is 1.98. The smallest absolute Gasteiger partial charge is 0.251 e. The summed E-state index contributed by atoms with van der Waals surface area (Å²) in [7, 11) is -3.76. The molecule has 9 nitrogen and oxygen atoms in total. The molecule has 3 N–H and O–H groups in total. The monoisotopic (exact) mass is 477 g/mol. The maximum Gasteiger partial charge on any atom is 0.251 e. The standard InChI is InChI=1S/C23H31N3O6S/c1-4-7-14-32-18-10-8-17(9-11-18)23(29)24-16-22(28)25-20-15-19(12-13-21(20)27)33(30,31)26(5-2)6-3/h8-13,15,27H,4-7,14,16H2,1-3H3,(H,24,29)(H,25,28). The van der Waals surface area contributed by atoms with Gasteiger partial charge in [0.2, 0.25) is 15.9 Å². The van der Waals surface area contributed by atoms with Crippen molar-refractivity contribution in [3.8, 4) is 11.5 Å². The van der Waals surface area contributed by atoms with Crippen LogP contribution in [-0.2, 0) is 14.8 Å². The molecule has 2 aromatic carbocycles. The number of phenols is 1. The van der Waals surface area contributed by atoms with Gasteiger partial charge in [0.15, 0.2) is 0 Å². The fourth-order valence-corrected chi connectivity index (χ4v) is 4.47. The minimum absolute atomic E-state index is 0.0513. The number of rotatable bonds is 12. The fraction of sp³-hybridized carbons (Fsp3) is 0.391. The van der Waals surface area contributed by atoms with Crippen molar-refractivity contribution in [2.45, 2.75) is 38.5 Å². The molecule has 0 aliphatic carbocycles. The van der Waals surface area contributed by atoms with E-state index < -0.39 is 21.8 Å². The number of nitrogens with one attached hydrogen (secondary N) is 2. The Morgan fingerprint density at radius 2 is 1.70 bits per heavy atom. The van der Waals surface area contributed by atoms with Gasteiger partial charge >= 0.3 is 0 Å². The summed E-state index contributed by atoms with van der Waals surface area (Å²) >= 11 is 0. The number of carbonyl (C=O) groups is 2. The number of benzene rings is 2. The van der Waals surface area contributed by atoms with Gasteiger partial charge in [0.1, 0.15) is 11.5 Å². The maximum absolute atomic E-state index is 12.7. The SMILES string of the molecule is CCCCOc1ccc(C(=O)NCC(=O)Nc2cc(S(=O)(=O)N(CC)CC)ccc2O)cc1. The highest BCUT2D eigenvalue weighted by Crippen LogP contribution is 2.28. The van der Waals surface area contributed by atoms with Gasteiger partial charge in [-0.2, -0.15) is 4.31 Å². The van der Waals surface area contributed by atoms with Crippen molar-refractivity contribution in [2.75, 3.05) is 31.6 Å². The normalized spacial score (nSPS) is 11.3. The second-order valence-electron chi connectivity index (χ2n) is 7.23. The van der Waals surface area contributed by atoms with Crippen LogP contribution in [0.15, 0.2) is 47.4 Å². The lowest BCUT2D eigenvalue weighted by molar-refractivity contribution is -0.115. The third kappa shape index (κ3) is 7.19. The quantitative estimate of drug-likeness (QED) is 0.319. The Kier molecular flexibility index (Phi) is 9.68. The molecule has 0 heterocycles. The molecule has 0 radical (unpaired) electrons. The van der Waals surface area contributed by atoms with E-state index in [9.17, 15) is 23.1 Å². The van der Waals surface area contributed by atoms with E-state index in [1.807, 2.05) is 0 Å². The molecule has 0 spiro atoms. The number of aromatic hydroxyl groups is 1. The molecule has 0 aromatic heterocycles. The van der Waals surface area contributed by atoms with Crippen LogP contribution in [-0.4, -0.2) is 55.9 Å². The lowest BCUT2D eigenvalue weighted by atomic mass is 10.2. The highest BCUT2D eigenvalue weighted by Gasteiger charge is 2.23. The molecule has 10 heteroatoms. The van der Waals surface area contributed by atoms with E-state index in [1.54, 1.807) is 38.1 Å². The topological polar surface area (TPSA) is 125 Å². The van der Waals surface area contributed by atoms with Crippen molar-refractivity contribution in [1.82, 2.24) is 9.62 Å². The molecule has 0 unspecified atom stereocenters. The highest BCUT2D eigenvalue weighted by molar-refractivity contribution is 7.89. The molecule has 33 heavy (non-hydrogen) atoms. The van der Waals surface area contributed by atoms with Crippen LogP contribution in [0.3, 0.4) is 0 Å². The number of phenolic OH excluding ortho intramolecular Hbond substituents is 1. The maximum atomic E-state index is 12.7. The Morgan fingerprint density at radius 3 is 2.30 bits per heavy atom. The summed E-state index contributed by atoms with van der Waals surface area (Å²) in [6.45, 7) is 6.34. The van der Waals surface area contributed by atoms with Crippen molar-refractivity contribution < 1.29 is 27.9 Å². The second kappa shape index (κ2) is 12.2. The Labute approximate surface area is 194 Å². The molecule has 0 saturated carbocycles. The van der Waals surface area contributed by atoms with Crippen molar-refractivity contribution >= 4 is 27.5 Å². The van der Waals surface area contributed by atoms with Gasteiger partial charge in [-0.15, -0.1) is 0 Å². The van der Waals surface area contributed by atoms with E-state index in [4.69, 9.17) is 4.74 Å². The number of hydrogen-bond donors (Lipinski definition) is 3. The third-order valence-corrected chi connectivity index (χ3v) is 6.92. The number of amides is 2. The van der Waals surface area contributed by atoms with Crippen LogP contribution in [0.5, 0.6) is 11.5 Å². The number of carbonyl (C=O) groups excluding carboxylic acids is 2. The molecule has 0 saturated heterocycles. The molecule has 0 bridgehead atoms. The molecule has 0 aliphatic rings. The van der Waals surface area contributed by atoms with Gasteiger partial charge in [0.05, 0.1) is 23.7 Å². The van der Waals surface area contributed by atoms with Crippen LogP contribution in [0, 0.1) is 0 Å². The van der Waals surface area contributed by atoms with Gasteiger partial charge in [-0.25, -0.2) is 8.42 Å². The predicted molar refractivity (Wildman–Crippen MR) is 126 cm³/mol. The number of anilines is 1. The fourth-order valence-electron chi connectivity index (χ4n) is 2.98. The van der Waals surface area contributed by atoms with Gasteiger partial charge in [-0.1, -0.05) is 27.2 Å². The van der Waals surface area contributed by atoms with Gasteiger partial charge in [-0.05, 0) is 48.9 Å². The number of ether oxygens (including phenoxy) is 1. The molecule has 2 aromatic rings. The second-order valence-corrected chi connectivity index (χ2v) is 9.16. The first-order chi connectivity index (χ1) is 15.7. The summed E-state index contributed by atoms with van der Waals surface area (Å²) < 4.78 is 32.2. The summed E-state index contributed by atoms with van der Waals surface area (Å²) in [6.07, 6.45) is 1.97. The van der Waals surface area contributed by atoms with Crippen molar-refractivity contribution in [3.05, 3.63) is 48.0 Å². The molecular formula is C23H31N3O6S. The summed E-state index contributed by atoms with van der Waals surface area (Å²) in [5.74, 6) is -0.692. The van der Waals surface area contributed by atoms with Crippen LogP contribution < -0.4 is 15.4 Å². The van der Waals surface area contributed by atoms with Gasteiger partial charge < -0.3 is 20.5 Å². The number of hydrogen-bond acceptors (Lipinski definition) is 6. The highest BCUT2D eigenvalue weighted by atomic mass is 32.2.